The summed E-state index contributed by atoms with van der Waals surface area (Å²) in [6.45, 7) is 4.20. The molecule has 2 bridgehead atoms. The molecule has 2 aliphatic rings. The van der Waals surface area contributed by atoms with Crippen molar-refractivity contribution in [3.8, 4) is 0 Å². The summed E-state index contributed by atoms with van der Waals surface area (Å²) >= 11 is 0. The van der Waals surface area contributed by atoms with Crippen molar-refractivity contribution in [2.45, 2.75) is 44.5 Å². The summed E-state index contributed by atoms with van der Waals surface area (Å²) in [7, 11) is 1.75. The summed E-state index contributed by atoms with van der Waals surface area (Å²) in [6, 6.07) is 10.3. The van der Waals surface area contributed by atoms with Gasteiger partial charge in [0.15, 0.2) is 0 Å². The van der Waals surface area contributed by atoms with Crippen molar-refractivity contribution >= 4 is 12.4 Å². The van der Waals surface area contributed by atoms with Crippen molar-refractivity contribution in [2.24, 2.45) is 0 Å². The van der Waals surface area contributed by atoms with E-state index in [4.69, 9.17) is 4.74 Å². The number of rotatable bonds is 4. The number of nitrogens with zero attached hydrogens (tertiary/aromatic N) is 1. The molecule has 2 fully saturated rings. The standard InChI is InChI=1S/C16H24N2O.ClH/c1-19-12-14-4-2-3-13(9-14)10-18-8-7-15-5-6-16(11-18)17-15;/h2-4,9,15-17H,5-8,10-12H2,1H3;1H. The number of halogens is 1. The highest BCUT2D eigenvalue weighted by Gasteiger charge is 2.28. The summed E-state index contributed by atoms with van der Waals surface area (Å²) in [6.07, 6.45) is 4.03. The highest BCUT2D eigenvalue weighted by atomic mass is 35.5. The summed E-state index contributed by atoms with van der Waals surface area (Å²) < 4.78 is 5.21. The van der Waals surface area contributed by atoms with Crippen molar-refractivity contribution in [1.29, 1.82) is 0 Å². The number of fused-ring (bicyclic) bond motifs is 2. The molecule has 2 saturated heterocycles. The zero-order valence-corrected chi connectivity index (χ0v) is 13.0. The maximum atomic E-state index is 5.21. The van der Waals surface area contributed by atoms with Crippen LogP contribution in [0.25, 0.3) is 0 Å². The summed E-state index contributed by atoms with van der Waals surface area (Å²) in [5.74, 6) is 0. The third-order valence-corrected chi connectivity index (χ3v) is 4.32. The molecule has 0 aromatic heterocycles. The molecule has 2 aliphatic heterocycles. The van der Waals surface area contributed by atoms with Crippen molar-refractivity contribution in [3.05, 3.63) is 35.4 Å². The summed E-state index contributed by atoms with van der Waals surface area (Å²) in [4.78, 5) is 2.60. The predicted octanol–water partition coefficient (Wildman–Crippen LogP) is 2.58. The number of ether oxygens (including phenoxy) is 1. The van der Waals surface area contributed by atoms with Crippen LogP contribution in [0.2, 0.25) is 0 Å². The van der Waals surface area contributed by atoms with Gasteiger partial charge in [0.1, 0.15) is 0 Å². The number of methoxy groups -OCH3 is 1. The summed E-state index contributed by atoms with van der Waals surface area (Å²) in [5, 5.41) is 3.74. The van der Waals surface area contributed by atoms with Crippen LogP contribution in [0.1, 0.15) is 30.4 Å². The Morgan fingerprint density at radius 1 is 1.20 bits per heavy atom. The molecule has 1 aromatic rings. The highest BCUT2D eigenvalue weighted by Crippen LogP contribution is 2.21. The second-order valence-electron chi connectivity index (χ2n) is 5.91. The van der Waals surface area contributed by atoms with Crippen LogP contribution in [0.4, 0.5) is 0 Å². The molecule has 0 amide bonds. The van der Waals surface area contributed by atoms with Gasteiger partial charge in [-0.15, -0.1) is 12.4 Å². The minimum Gasteiger partial charge on any atom is -0.380 e. The van der Waals surface area contributed by atoms with Crippen LogP contribution in [-0.2, 0) is 17.9 Å². The third kappa shape index (κ3) is 3.95. The molecule has 4 heteroatoms. The van der Waals surface area contributed by atoms with E-state index in [2.05, 4.69) is 34.5 Å². The Labute approximate surface area is 128 Å². The quantitative estimate of drug-likeness (QED) is 0.924. The molecular formula is C16H25ClN2O. The van der Waals surface area contributed by atoms with Crippen molar-refractivity contribution < 1.29 is 4.74 Å². The van der Waals surface area contributed by atoms with Gasteiger partial charge < -0.3 is 10.1 Å². The van der Waals surface area contributed by atoms with Crippen LogP contribution >= 0.6 is 12.4 Å². The predicted molar refractivity (Wildman–Crippen MR) is 84.2 cm³/mol. The van der Waals surface area contributed by atoms with Gasteiger partial charge in [-0.25, -0.2) is 0 Å². The minimum atomic E-state index is 0. The van der Waals surface area contributed by atoms with Crippen molar-refractivity contribution in [2.75, 3.05) is 20.2 Å². The maximum absolute atomic E-state index is 5.21. The maximum Gasteiger partial charge on any atom is 0.0713 e. The zero-order valence-electron chi connectivity index (χ0n) is 12.2. The SMILES string of the molecule is COCc1cccc(CN2CCC3CCC(C2)N3)c1.Cl. The molecule has 0 saturated carbocycles. The Bertz CT molecular complexity index is 427. The lowest BCUT2D eigenvalue weighted by Crippen LogP contribution is -2.34. The van der Waals surface area contributed by atoms with Gasteiger partial charge in [0, 0.05) is 38.8 Å². The van der Waals surface area contributed by atoms with E-state index in [1.54, 1.807) is 7.11 Å². The topological polar surface area (TPSA) is 24.5 Å². The number of hydrogen-bond donors (Lipinski definition) is 1. The lowest BCUT2D eigenvalue weighted by atomic mass is 10.1. The number of benzene rings is 1. The molecule has 0 radical (unpaired) electrons. The van der Waals surface area contributed by atoms with Gasteiger partial charge in [-0.05, 0) is 30.4 Å². The second kappa shape index (κ2) is 7.41. The van der Waals surface area contributed by atoms with Gasteiger partial charge >= 0.3 is 0 Å². The molecule has 3 rings (SSSR count). The van der Waals surface area contributed by atoms with Crippen LogP contribution in [0.5, 0.6) is 0 Å². The highest BCUT2D eigenvalue weighted by molar-refractivity contribution is 5.85. The van der Waals surface area contributed by atoms with Crippen LogP contribution in [0.3, 0.4) is 0 Å². The van der Waals surface area contributed by atoms with Gasteiger partial charge in [0.25, 0.3) is 0 Å². The van der Waals surface area contributed by atoms with E-state index >= 15 is 0 Å². The van der Waals surface area contributed by atoms with Crippen LogP contribution in [0, 0.1) is 0 Å². The molecule has 2 heterocycles. The van der Waals surface area contributed by atoms with Crippen molar-refractivity contribution in [1.82, 2.24) is 10.2 Å². The first kappa shape index (κ1) is 15.8. The first-order valence-corrected chi connectivity index (χ1v) is 7.38. The lowest BCUT2D eigenvalue weighted by Gasteiger charge is -2.24. The number of nitrogens with one attached hydrogen (secondary N) is 1. The van der Waals surface area contributed by atoms with E-state index in [-0.39, 0.29) is 12.4 Å². The van der Waals surface area contributed by atoms with Gasteiger partial charge in [0.05, 0.1) is 6.61 Å². The molecule has 20 heavy (non-hydrogen) atoms. The van der Waals surface area contributed by atoms with E-state index in [9.17, 15) is 0 Å². The fraction of sp³-hybridized carbons (Fsp3) is 0.625. The largest absolute Gasteiger partial charge is 0.380 e. The van der Waals surface area contributed by atoms with E-state index in [0.717, 1.165) is 18.6 Å². The molecule has 112 valence electrons. The van der Waals surface area contributed by atoms with Crippen molar-refractivity contribution in [3.63, 3.8) is 0 Å². The monoisotopic (exact) mass is 296 g/mol. The number of likely N-dealkylation sites (tertiary alicyclic amines) is 1. The molecule has 1 N–H and O–H groups in total. The molecule has 2 unspecified atom stereocenters. The van der Waals surface area contributed by atoms with Gasteiger partial charge in [-0.3, -0.25) is 4.90 Å². The fourth-order valence-electron chi connectivity index (χ4n) is 3.40. The molecule has 1 aromatic carbocycles. The molecule has 2 atom stereocenters. The second-order valence-corrected chi connectivity index (χ2v) is 5.91. The van der Waals surface area contributed by atoms with E-state index in [0.29, 0.717) is 6.61 Å². The van der Waals surface area contributed by atoms with Crippen LogP contribution in [-0.4, -0.2) is 37.2 Å². The first-order valence-electron chi connectivity index (χ1n) is 7.38. The molecule has 0 aliphatic carbocycles. The third-order valence-electron chi connectivity index (χ3n) is 4.32. The Balaban J connectivity index is 0.00000147. The van der Waals surface area contributed by atoms with Gasteiger partial charge in [-0.2, -0.15) is 0 Å². The van der Waals surface area contributed by atoms with Crippen LogP contribution in [0.15, 0.2) is 24.3 Å². The van der Waals surface area contributed by atoms with E-state index in [1.807, 2.05) is 0 Å². The fourth-order valence-corrected chi connectivity index (χ4v) is 3.40. The smallest absolute Gasteiger partial charge is 0.0713 e. The Morgan fingerprint density at radius 3 is 2.85 bits per heavy atom. The molecule has 0 spiro atoms. The van der Waals surface area contributed by atoms with Gasteiger partial charge in [0.2, 0.25) is 0 Å². The zero-order chi connectivity index (χ0) is 13.1. The molecule has 3 nitrogen and oxygen atoms in total. The first-order chi connectivity index (χ1) is 9.33. The summed E-state index contributed by atoms with van der Waals surface area (Å²) in [5.41, 5.74) is 2.68. The van der Waals surface area contributed by atoms with E-state index < -0.39 is 0 Å². The van der Waals surface area contributed by atoms with Gasteiger partial charge in [-0.1, -0.05) is 24.3 Å². The Kier molecular flexibility index (Phi) is 5.85. The Morgan fingerprint density at radius 2 is 2.00 bits per heavy atom. The normalized spacial score (nSPS) is 26.1. The number of hydrogen-bond acceptors (Lipinski definition) is 3. The minimum absolute atomic E-state index is 0. The van der Waals surface area contributed by atoms with Crippen LogP contribution < -0.4 is 5.32 Å². The lowest BCUT2D eigenvalue weighted by molar-refractivity contribution is 0.184. The van der Waals surface area contributed by atoms with E-state index in [1.165, 1.54) is 43.5 Å². The average molecular weight is 297 g/mol. The molecular weight excluding hydrogens is 272 g/mol. The average Bonchev–Trinajstić information content (AvgIpc) is 2.74. The Hall–Kier alpha value is -0.610.